The zero-order chi connectivity index (χ0) is 26.1. The third-order valence-electron chi connectivity index (χ3n) is 4.61. The first kappa shape index (κ1) is 26.0. The molecule has 1 unspecified atom stereocenters. The van der Waals surface area contributed by atoms with Gasteiger partial charge in [-0.15, -0.1) is 5.10 Å². The topological polar surface area (TPSA) is 124 Å². The second-order valence-corrected chi connectivity index (χ2v) is 7.30. The van der Waals surface area contributed by atoms with Crippen LogP contribution >= 0.6 is 11.6 Å². The van der Waals surface area contributed by atoms with Crippen LogP contribution in [0.1, 0.15) is 30.0 Å². The molecule has 0 spiro atoms. The Labute approximate surface area is 197 Å². The fourth-order valence-electron chi connectivity index (χ4n) is 2.82. The van der Waals surface area contributed by atoms with Crippen molar-refractivity contribution in [3.63, 3.8) is 0 Å². The fourth-order valence-corrected chi connectivity index (χ4v) is 3.01. The second-order valence-electron chi connectivity index (χ2n) is 6.89. The highest BCUT2D eigenvalue weighted by molar-refractivity contribution is 6.33. The number of anilines is 1. The average molecular weight is 523 g/mol. The lowest BCUT2D eigenvalue weighted by molar-refractivity contribution is -0.190. The maximum Gasteiger partial charge on any atom is 0.425 e. The molecule has 16 heteroatoms. The Balaban J connectivity index is 2.16. The van der Waals surface area contributed by atoms with Crippen molar-refractivity contribution in [1.82, 2.24) is 24.3 Å². The van der Waals surface area contributed by atoms with Gasteiger partial charge in [0.25, 0.3) is 5.91 Å². The molecule has 10 nitrogen and oxygen atoms in total. The normalized spacial score (nSPS) is 12.5. The summed E-state index contributed by atoms with van der Waals surface area (Å²) >= 11 is 5.79. The number of hydrogen-bond acceptors (Lipinski definition) is 7. The Morgan fingerprint density at radius 3 is 2.51 bits per heavy atom. The van der Waals surface area contributed by atoms with Crippen molar-refractivity contribution in [3.05, 3.63) is 57.0 Å². The van der Waals surface area contributed by atoms with E-state index in [1.807, 2.05) is 5.32 Å². The van der Waals surface area contributed by atoms with E-state index in [1.165, 1.54) is 6.92 Å². The summed E-state index contributed by atoms with van der Waals surface area (Å²) in [5.41, 5.74) is -2.39. The first-order valence-corrected chi connectivity index (χ1v) is 10.1. The number of nitrogens with zero attached hydrogens (tertiary/aromatic N) is 5. The van der Waals surface area contributed by atoms with Gasteiger partial charge in [0.15, 0.2) is 29.4 Å². The van der Waals surface area contributed by atoms with E-state index >= 15 is 0 Å². The van der Waals surface area contributed by atoms with Crippen molar-refractivity contribution in [2.45, 2.75) is 39.3 Å². The number of aliphatic hydroxyl groups excluding tert-OH is 1. The van der Waals surface area contributed by atoms with Gasteiger partial charge in [0.2, 0.25) is 5.88 Å². The minimum atomic E-state index is -4.91. The Morgan fingerprint density at radius 2 is 1.97 bits per heavy atom. The molecule has 3 heterocycles. The number of pyridine rings is 2. The van der Waals surface area contributed by atoms with Crippen LogP contribution in [-0.2, 0) is 13.2 Å². The van der Waals surface area contributed by atoms with Crippen LogP contribution in [0.15, 0.2) is 23.3 Å². The Kier molecular flexibility index (Phi) is 7.40. The number of rotatable bonds is 7. The Hall–Kier alpha value is -3.59. The predicted molar refractivity (Wildman–Crippen MR) is 110 cm³/mol. The van der Waals surface area contributed by atoms with E-state index in [-0.39, 0.29) is 17.4 Å². The van der Waals surface area contributed by atoms with Gasteiger partial charge in [0.05, 0.1) is 16.9 Å². The molecule has 0 radical (unpaired) electrons. The highest BCUT2D eigenvalue weighted by Crippen LogP contribution is 2.30. The van der Waals surface area contributed by atoms with Crippen molar-refractivity contribution in [2.24, 2.45) is 0 Å². The number of carbonyl (C=O) groups is 1. The molecule has 0 saturated heterocycles. The van der Waals surface area contributed by atoms with Gasteiger partial charge in [0, 0.05) is 12.7 Å². The molecule has 0 saturated carbocycles. The largest absolute Gasteiger partial charge is 0.464 e. The maximum atomic E-state index is 15.0. The predicted octanol–water partition coefficient (Wildman–Crippen LogP) is 2.85. The number of halogens is 6. The molecule has 0 aliphatic rings. The van der Waals surface area contributed by atoms with E-state index in [0.717, 1.165) is 10.8 Å². The lowest BCUT2D eigenvalue weighted by Gasteiger charge is -2.19. The molecule has 3 aromatic heterocycles. The maximum absolute atomic E-state index is 15.0. The van der Waals surface area contributed by atoms with Crippen LogP contribution in [0.5, 0.6) is 5.88 Å². The van der Waals surface area contributed by atoms with Crippen molar-refractivity contribution in [1.29, 1.82) is 0 Å². The van der Waals surface area contributed by atoms with Gasteiger partial charge in [-0.1, -0.05) is 11.6 Å². The SMILES string of the molecule is CCn1c(CO)nn(-c2nc(OC(C)C(F)(F)F)c(C(=O)Nc3c(F)cncc3Cl)cc2F)c1=O. The van der Waals surface area contributed by atoms with Gasteiger partial charge < -0.3 is 15.2 Å². The van der Waals surface area contributed by atoms with E-state index < -0.39 is 65.1 Å². The van der Waals surface area contributed by atoms with Gasteiger partial charge in [-0.2, -0.15) is 22.8 Å². The molecule has 35 heavy (non-hydrogen) atoms. The number of nitrogens with one attached hydrogen (secondary N) is 1. The van der Waals surface area contributed by atoms with E-state index in [9.17, 15) is 36.6 Å². The summed E-state index contributed by atoms with van der Waals surface area (Å²) in [5, 5.41) is 14.8. The van der Waals surface area contributed by atoms with E-state index in [4.69, 9.17) is 16.3 Å². The van der Waals surface area contributed by atoms with Gasteiger partial charge in [-0.3, -0.25) is 14.3 Å². The molecule has 0 aromatic carbocycles. The number of amides is 1. The average Bonchev–Trinajstić information content (AvgIpc) is 3.11. The molecule has 1 amide bonds. The summed E-state index contributed by atoms with van der Waals surface area (Å²) in [5.74, 6) is -5.84. The monoisotopic (exact) mass is 522 g/mol. The summed E-state index contributed by atoms with van der Waals surface area (Å²) < 4.78 is 74.5. The van der Waals surface area contributed by atoms with Gasteiger partial charge in [-0.25, -0.2) is 13.6 Å². The van der Waals surface area contributed by atoms with Crippen molar-refractivity contribution in [3.8, 4) is 11.7 Å². The number of aliphatic hydroxyl groups is 1. The molecule has 0 fully saturated rings. The Morgan fingerprint density at radius 1 is 1.29 bits per heavy atom. The standard InChI is InChI=1S/C19H16ClF5N6O4/c1-3-30-13(7-32)29-31(18(30)34)15-11(21)4-9(17(28-15)35-8(2)19(23,24)25)16(33)27-14-10(20)5-26-6-12(14)22/h4-6,8,32H,3,7H2,1-2H3,(H,26,27,33). The summed E-state index contributed by atoms with van der Waals surface area (Å²) in [6, 6.07) is 0.444. The fraction of sp³-hybridized carbons (Fsp3) is 0.316. The lowest BCUT2D eigenvalue weighted by Crippen LogP contribution is -2.33. The molecule has 3 aromatic rings. The number of alkyl halides is 3. The minimum absolute atomic E-state index is 0.0313. The highest BCUT2D eigenvalue weighted by Gasteiger charge is 2.39. The first-order valence-electron chi connectivity index (χ1n) is 9.73. The number of ether oxygens (including phenoxy) is 1. The molecule has 3 rings (SSSR count). The second kappa shape index (κ2) is 9.95. The van der Waals surface area contributed by atoms with Crippen molar-refractivity contribution < 1.29 is 36.6 Å². The van der Waals surface area contributed by atoms with E-state index in [0.29, 0.717) is 23.9 Å². The summed E-state index contributed by atoms with van der Waals surface area (Å²) in [6.45, 7) is 1.47. The van der Waals surface area contributed by atoms with E-state index in [1.54, 1.807) is 0 Å². The summed E-state index contributed by atoms with van der Waals surface area (Å²) in [6.07, 6.45) is -5.73. The number of aromatic nitrogens is 5. The van der Waals surface area contributed by atoms with Gasteiger partial charge >= 0.3 is 11.9 Å². The molecule has 0 aliphatic heterocycles. The smallest absolute Gasteiger partial charge is 0.425 e. The highest BCUT2D eigenvalue weighted by atomic mass is 35.5. The van der Waals surface area contributed by atoms with Gasteiger partial charge in [0.1, 0.15) is 12.2 Å². The zero-order valence-corrected chi connectivity index (χ0v) is 18.7. The minimum Gasteiger partial charge on any atom is -0.464 e. The molecule has 2 N–H and O–H groups in total. The quantitative estimate of drug-likeness (QED) is 0.457. The molecular weight excluding hydrogens is 507 g/mol. The van der Waals surface area contributed by atoms with Crippen molar-refractivity contribution in [2.75, 3.05) is 5.32 Å². The first-order chi connectivity index (χ1) is 16.4. The van der Waals surface area contributed by atoms with Crippen LogP contribution in [0, 0.1) is 11.6 Å². The van der Waals surface area contributed by atoms with Crippen molar-refractivity contribution >= 4 is 23.2 Å². The molecule has 0 bridgehead atoms. The third kappa shape index (κ3) is 5.24. The molecule has 1 atom stereocenters. The molecular formula is C19H16ClF5N6O4. The number of carbonyl (C=O) groups excluding carboxylic acids is 1. The number of hydrogen-bond donors (Lipinski definition) is 2. The van der Waals surface area contributed by atoms with Crippen LogP contribution in [0.2, 0.25) is 5.02 Å². The molecule has 188 valence electrons. The van der Waals surface area contributed by atoms with Crippen LogP contribution in [-0.4, -0.2) is 47.6 Å². The summed E-state index contributed by atoms with van der Waals surface area (Å²) in [7, 11) is 0. The zero-order valence-electron chi connectivity index (χ0n) is 17.9. The molecule has 0 aliphatic carbocycles. The van der Waals surface area contributed by atoms with Crippen LogP contribution in [0.3, 0.4) is 0 Å². The van der Waals surface area contributed by atoms with Gasteiger partial charge in [-0.05, 0) is 19.9 Å². The van der Waals surface area contributed by atoms with Crippen LogP contribution in [0.25, 0.3) is 5.82 Å². The van der Waals surface area contributed by atoms with Crippen LogP contribution in [0.4, 0.5) is 27.6 Å². The Bertz CT molecular complexity index is 1310. The lowest BCUT2D eigenvalue weighted by atomic mass is 10.2. The van der Waals surface area contributed by atoms with Crippen LogP contribution < -0.4 is 15.7 Å². The van der Waals surface area contributed by atoms with E-state index in [2.05, 4.69) is 15.1 Å². The third-order valence-corrected chi connectivity index (χ3v) is 4.89. The summed E-state index contributed by atoms with van der Waals surface area (Å²) in [4.78, 5) is 32.3.